The number of pyridine rings is 1. The van der Waals surface area contributed by atoms with Crippen molar-refractivity contribution in [2.24, 2.45) is 0 Å². The first-order valence-electron chi connectivity index (χ1n) is 7.82. The van der Waals surface area contributed by atoms with Crippen molar-refractivity contribution >= 4 is 40.6 Å². The number of anilines is 1. The van der Waals surface area contributed by atoms with Crippen molar-refractivity contribution in [1.82, 2.24) is 19.6 Å². The Hall–Kier alpha value is -2.83. The van der Waals surface area contributed by atoms with Gasteiger partial charge < -0.3 is 9.72 Å². The van der Waals surface area contributed by atoms with E-state index in [1.165, 1.54) is 0 Å². The number of aromatic nitrogens is 4. The third kappa shape index (κ3) is 3.29. The summed E-state index contributed by atoms with van der Waals surface area (Å²) in [6.07, 6.45) is 3.87. The van der Waals surface area contributed by atoms with Crippen molar-refractivity contribution in [3.63, 3.8) is 0 Å². The fourth-order valence-corrected chi connectivity index (χ4v) is 3.06. The maximum atomic E-state index is 12.3. The van der Waals surface area contributed by atoms with Gasteiger partial charge in [-0.1, -0.05) is 41.4 Å². The molecule has 130 valence electrons. The number of rotatable bonds is 4. The molecule has 0 aliphatic carbocycles. The van der Waals surface area contributed by atoms with Crippen LogP contribution in [0.4, 0.5) is 5.82 Å². The lowest BCUT2D eigenvalue weighted by Crippen LogP contribution is -2.14. The second-order valence-electron chi connectivity index (χ2n) is 5.69. The molecule has 6 nitrogen and oxygen atoms in total. The predicted octanol–water partition coefficient (Wildman–Crippen LogP) is 4.21. The molecule has 0 aliphatic heterocycles. The Morgan fingerprint density at radius 1 is 1.19 bits per heavy atom. The zero-order valence-corrected chi connectivity index (χ0v) is 14.9. The van der Waals surface area contributed by atoms with Gasteiger partial charge in [0.2, 0.25) is 5.91 Å². The highest BCUT2D eigenvalue weighted by Crippen LogP contribution is 2.33. The van der Waals surface area contributed by atoms with Gasteiger partial charge in [0.1, 0.15) is 5.65 Å². The maximum Gasteiger partial charge on any atom is 0.231 e. The lowest BCUT2D eigenvalue weighted by molar-refractivity contribution is -0.115. The number of fused-ring (bicyclic) bond motifs is 1. The van der Waals surface area contributed by atoms with Gasteiger partial charge in [0, 0.05) is 24.0 Å². The van der Waals surface area contributed by atoms with Crippen LogP contribution in [0.5, 0.6) is 0 Å². The summed E-state index contributed by atoms with van der Waals surface area (Å²) in [6, 6.07) is 12.7. The fourth-order valence-electron chi connectivity index (χ4n) is 2.66. The molecule has 2 N–H and O–H groups in total. The van der Waals surface area contributed by atoms with Crippen LogP contribution in [-0.4, -0.2) is 25.5 Å². The number of hydrogen-bond acceptors (Lipinski definition) is 3. The van der Waals surface area contributed by atoms with Gasteiger partial charge in [-0.2, -0.15) is 5.10 Å². The number of hydrogen-bond donors (Lipinski definition) is 2. The molecule has 8 heteroatoms. The normalized spacial score (nSPS) is 11.0. The molecule has 1 aromatic carbocycles. The minimum Gasteiger partial charge on any atom is -0.309 e. The topological polar surface area (TPSA) is 75.1 Å². The van der Waals surface area contributed by atoms with Crippen LogP contribution in [0.2, 0.25) is 10.0 Å². The van der Waals surface area contributed by atoms with E-state index in [1.54, 1.807) is 18.2 Å². The molecule has 0 spiro atoms. The number of imidazole rings is 1. The van der Waals surface area contributed by atoms with E-state index in [1.807, 2.05) is 41.1 Å². The number of aromatic amines is 1. The first-order chi connectivity index (χ1) is 12.6. The summed E-state index contributed by atoms with van der Waals surface area (Å²) in [5.74, 6) is 0.202. The van der Waals surface area contributed by atoms with Gasteiger partial charge in [-0.05, 0) is 18.2 Å². The largest absolute Gasteiger partial charge is 0.309 e. The second-order valence-corrected chi connectivity index (χ2v) is 6.48. The molecule has 0 unspecified atom stereocenters. The van der Waals surface area contributed by atoms with E-state index < -0.39 is 0 Å². The molecular formula is C18H13Cl2N5O. The van der Waals surface area contributed by atoms with E-state index in [0.717, 1.165) is 5.65 Å². The average molecular weight is 386 g/mol. The molecule has 0 bridgehead atoms. The van der Waals surface area contributed by atoms with E-state index in [-0.39, 0.29) is 12.3 Å². The molecule has 3 aromatic heterocycles. The van der Waals surface area contributed by atoms with Crippen molar-refractivity contribution in [3.8, 4) is 11.3 Å². The molecule has 3 heterocycles. The minimum atomic E-state index is -0.205. The van der Waals surface area contributed by atoms with E-state index in [9.17, 15) is 4.79 Å². The summed E-state index contributed by atoms with van der Waals surface area (Å²) in [5.41, 5.74) is 2.86. The third-order valence-corrected chi connectivity index (χ3v) is 4.66. The molecule has 0 saturated carbocycles. The van der Waals surface area contributed by atoms with Crippen LogP contribution in [-0.2, 0) is 11.2 Å². The number of carbonyl (C=O) groups excluding carboxylic acids is 1. The fraction of sp³-hybridized carbons (Fsp3) is 0.0556. The van der Waals surface area contributed by atoms with E-state index in [0.29, 0.717) is 32.8 Å². The lowest BCUT2D eigenvalue weighted by Gasteiger charge is -2.02. The lowest BCUT2D eigenvalue weighted by atomic mass is 10.1. The SMILES string of the molecule is O=C(Cc1cn2ccccc2n1)Nc1cc(-c2cccc(Cl)c2Cl)[nH]n1. The molecular weight excluding hydrogens is 373 g/mol. The molecule has 1 amide bonds. The standard InChI is InChI=1S/C18H13Cl2N5O/c19-13-5-3-4-12(18(13)20)14-9-15(24-23-14)22-17(26)8-11-10-25-7-2-1-6-16(25)21-11/h1-7,9-10H,8H2,(H2,22,23,24,26). The first-order valence-corrected chi connectivity index (χ1v) is 8.58. The van der Waals surface area contributed by atoms with Crippen molar-refractivity contribution in [3.05, 3.63) is 70.6 Å². The van der Waals surface area contributed by atoms with Crippen molar-refractivity contribution in [2.45, 2.75) is 6.42 Å². The highest BCUT2D eigenvalue weighted by Gasteiger charge is 2.13. The Bertz CT molecular complexity index is 1070. The third-order valence-electron chi connectivity index (χ3n) is 3.84. The molecule has 26 heavy (non-hydrogen) atoms. The van der Waals surface area contributed by atoms with Gasteiger partial charge in [-0.3, -0.25) is 9.89 Å². The number of H-pyrrole nitrogens is 1. The van der Waals surface area contributed by atoms with Crippen LogP contribution in [0.1, 0.15) is 5.69 Å². The van der Waals surface area contributed by atoms with Gasteiger partial charge in [-0.15, -0.1) is 0 Å². The molecule has 4 rings (SSSR count). The smallest absolute Gasteiger partial charge is 0.231 e. The highest BCUT2D eigenvalue weighted by atomic mass is 35.5. The summed E-state index contributed by atoms with van der Waals surface area (Å²) in [6.45, 7) is 0. The van der Waals surface area contributed by atoms with Crippen LogP contribution < -0.4 is 5.32 Å². The summed E-state index contributed by atoms with van der Waals surface area (Å²) in [7, 11) is 0. The Morgan fingerprint density at radius 3 is 2.92 bits per heavy atom. The van der Waals surface area contributed by atoms with E-state index in [2.05, 4.69) is 20.5 Å². The monoisotopic (exact) mass is 385 g/mol. The van der Waals surface area contributed by atoms with Crippen LogP contribution >= 0.6 is 23.2 Å². The maximum absolute atomic E-state index is 12.3. The number of nitrogens with one attached hydrogen (secondary N) is 2. The van der Waals surface area contributed by atoms with Crippen molar-refractivity contribution < 1.29 is 4.79 Å². The van der Waals surface area contributed by atoms with Crippen LogP contribution in [0.3, 0.4) is 0 Å². The van der Waals surface area contributed by atoms with Crippen LogP contribution in [0.15, 0.2) is 54.9 Å². The van der Waals surface area contributed by atoms with Gasteiger partial charge in [0.25, 0.3) is 0 Å². The molecule has 0 fully saturated rings. The Balaban J connectivity index is 1.48. The molecule has 0 radical (unpaired) electrons. The molecule has 0 aliphatic rings. The predicted molar refractivity (Wildman–Crippen MR) is 102 cm³/mol. The number of nitrogens with zero attached hydrogens (tertiary/aromatic N) is 3. The highest BCUT2D eigenvalue weighted by molar-refractivity contribution is 6.43. The van der Waals surface area contributed by atoms with E-state index in [4.69, 9.17) is 23.2 Å². The number of amides is 1. The van der Waals surface area contributed by atoms with Crippen LogP contribution in [0, 0.1) is 0 Å². The minimum absolute atomic E-state index is 0.155. The van der Waals surface area contributed by atoms with Gasteiger partial charge in [-0.25, -0.2) is 4.98 Å². The number of carbonyl (C=O) groups is 1. The molecule has 0 saturated heterocycles. The van der Waals surface area contributed by atoms with Crippen molar-refractivity contribution in [2.75, 3.05) is 5.32 Å². The zero-order chi connectivity index (χ0) is 18.1. The average Bonchev–Trinajstić information content (AvgIpc) is 3.23. The first kappa shape index (κ1) is 16.6. The van der Waals surface area contributed by atoms with Crippen LogP contribution in [0.25, 0.3) is 16.9 Å². The number of halogens is 2. The quantitative estimate of drug-likeness (QED) is 0.552. The van der Waals surface area contributed by atoms with Gasteiger partial charge >= 0.3 is 0 Å². The molecule has 4 aromatic rings. The zero-order valence-electron chi connectivity index (χ0n) is 13.4. The number of benzene rings is 1. The summed E-state index contributed by atoms with van der Waals surface area (Å²) < 4.78 is 1.87. The Labute approximate surface area is 158 Å². The Morgan fingerprint density at radius 2 is 2.08 bits per heavy atom. The van der Waals surface area contributed by atoms with Crippen molar-refractivity contribution in [1.29, 1.82) is 0 Å². The summed E-state index contributed by atoms with van der Waals surface area (Å²) >= 11 is 12.2. The molecule has 0 atom stereocenters. The summed E-state index contributed by atoms with van der Waals surface area (Å²) in [4.78, 5) is 16.7. The van der Waals surface area contributed by atoms with E-state index >= 15 is 0 Å². The van der Waals surface area contributed by atoms with Gasteiger partial charge in [0.15, 0.2) is 5.82 Å². The van der Waals surface area contributed by atoms with Gasteiger partial charge in [0.05, 0.1) is 27.9 Å². The Kier molecular flexibility index (Phi) is 4.36. The summed E-state index contributed by atoms with van der Waals surface area (Å²) in [5, 5.41) is 10.6. The second kappa shape index (κ2) is 6.82.